The van der Waals surface area contributed by atoms with Gasteiger partial charge in [-0.05, 0) is 5.56 Å². The minimum atomic E-state index is -0.354. The molecule has 1 aromatic rings. The standard InChI is InChI=1S/C15H17NO2/c1-3-10-16(11-4-2)15(17)14-13(18-14)12-8-6-5-7-9-12/h3-9,13-14H,1-2,10-11H2/t13-,14-/m0/s1. The summed E-state index contributed by atoms with van der Waals surface area (Å²) < 4.78 is 5.48. The van der Waals surface area contributed by atoms with E-state index in [0.717, 1.165) is 5.56 Å². The lowest BCUT2D eigenvalue weighted by Gasteiger charge is -2.17. The van der Waals surface area contributed by atoms with E-state index in [1.165, 1.54) is 0 Å². The lowest BCUT2D eigenvalue weighted by atomic mass is 10.1. The first-order valence-corrected chi connectivity index (χ1v) is 5.99. The normalized spacial score (nSPS) is 21.1. The Labute approximate surface area is 107 Å². The number of epoxide rings is 1. The molecule has 0 radical (unpaired) electrons. The molecule has 0 aliphatic carbocycles. The summed E-state index contributed by atoms with van der Waals surface area (Å²) in [7, 11) is 0. The van der Waals surface area contributed by atoms with Crippen LogP contribution in [-0.4, -0.2) is 30.0 Å². The van der Waals surface area contributed by atoms with Crippen molar-refractivity contribution in [1.82, 2.24) is 4.90 Å². The molecule has 0 spiro atoms. The van der Waals surface area contributed by atoms with E-state index in [1.54, 1.807) is 17.1 Å². The second-order valence-corrected chi connectivity index (χ2v) is 4.21. The lowest BCUT2D eigenvalue weighted by molar-refractivity contribution is -0.131. The Bertz CT molecular complexity index is 431. The largest absolute Gasteiger partial charge is 0.354 e. The molecule has 2 atom stereocenters. The number of ether oxygens (including phenoxy) is 1. The first kappa shape index (κ1) is 12.6. The van der Waals surface area contributed by atoms with Crippen molar-refractivity contribution in [1.29, 1.82) is 0 Å². The summed E-state index contributed by atoms with van der Waals surface area (Å²) in [6, 6.07) is 9.80. The molecule has 1 aliphatic rings. The van der Waals surface area contributed by atoms with Gasteiger partial charge < -0.3 is 9.64 Å². The molecule has 2 rings (SSSR count). The van der Waals surface area contributed by atoms with E-state index in [0.29, 0.717) is 13.1 Å². The van der Waals surface area contributed by atoms with Crippen LogP contribution >= 0.6 is 0 Å². The van der Waals surface area contributed by atoms with Crippen LogP contribution in [-0.2, 0) is 9.53 Å². The van der Waals surface area contributed by atoms with Gasteiger partial charge in [-0.2, -0.15) is 0 Å². The Kier molecular flexibility index (Phi) is 3.95. The lowest BCUT2D eigenvalue weighted by Crippen LogP contribution is -2.34. The summed E-state index contributed by atoms with van der Waals surface area (Å²) in [4.78, 5) is 13.9. The highest BCUT2D eigenvalue weighted by molar-refractivity contribution is 5.84. The van der Waals surface area contributed by atoms with Crippen molar-refractivity contribution in [2.75, 3.05) is 13.1 Å². The fourth-order valence-electron chi connectivity index (χ4n) is 1.94. The predicted octanol–water partition coefficient (Wildman–Crippen LogP) is 2.33. The highest BCUT2D eigenvalue weighted by Crippen LogP contribution is 2.39. The van der Waals surface area contributed by atoms with Crippen molar-refractivity contribution >= 4 is 5.91 Å². The monoisotopic (exact) mass is 243 g/mol. The molecule has 1 heterocycles. The van der Waals surface area contributed by atoms with E-state index < -0.39 is 0 Å². The fourth-order valence-corrected chi connectivity index (χ4v) is 1.94. The second kappa shape index (κ2) is 5.65. The second-order valence-electron chi connectivity index (χ2n) is 4.21. The van der Waals surface area contributed by atoms with Gasteiger partial charge in [0.05, 0.1) is 0 Å². The highest BCUT2D eigenvalue weighted by atomic mass is 16.6. The van der Waals surface area contributed by atoms with E-state index in [1.807, 2.05) is 30.3 Å². The molecule has 0 aromatic heterocycles. The van der Waals surface area contributed by atoms with Gasteiger partial charge in [-0.1, -0.05) is 42.5 Å². The van der Waals surface area contributed by atoms with Gasteiger partial charge >= 0.3 is 0 Å². The van der Waals surface area contributed by atoms with Gasteiger partial charge in [-0.3, -0.25) is 4.79 Å². The summed E-state index contributed by atoms with van der Waals surface area (Å²) in [6.07, 6.45) is 2.96. The van der Waals surface area contributed by atoms with Gasteiger partial charge in [-0.15, -0.1) is 13.2 Å². The first-order valence-electron chi connectivity index (χ1n) is 5.99. The molecule has 3 nitrogen and oxygen atoms in total. The van der Waals surface area contributed by atoms with Crippen molar-refractivity contribution in [2.24, 2.45) is 0 Å². The van der Waals surface area contributed by atoms with Crippen LogP contribution in [0.25, 0.3) is 0 Å². The number of rotatable bonds is 6. The van der Waals surface area contributed by atoms with Gasteiger partial charge in [0, 0.05) is 13.1 Å². The topological polar surface area (TPSA) is 32.8 Å². The zero-order chi connectivity index (χ0) is 13.0. The number of hydrogen-bond donors (Lipinski definition) is 0. The average Bonchev–Trinajstić information content (AvgIpc) is 3.19. The molecular formula is C15H17NO2. The number of benzene rings is 1. The maximum Gasteiger partial charge on any atom is 0.255 e. The van der Waals surface area contributed by atoms with Crippen LogP contribution in [0.3, 0.4) is 0 Å². The third-order valence-electron chi connectivity index (χ3n) is 2.87. The quantitative estimate of drug-likeness (QED) is 0.567. The zero-order valence-electron chi connectivity index (χ0n) is 10.3. The van der Waals surface area contributed by atoms with Crippen LogP contribution in [0.2, 0.25) is 0 Å². The Morgan fingerprint density at radius 1 is 1.22 bits per heavy atom. The average molecular weight is 243 g/mol. The first-order chi connectivity index (χ1) is 8.77. The van der Waals surface area contributed by atoms with Crippen LogP contribution in [0.4, 0.5) is 0 Å². The Balaban J connectivity index is 1.99. The maximum absolute atomic E-state index is 12.2. The molecule has 94 valence electrons. The maximum atomic E-state index is 12.2. The van der Waals surface area contributed by atoms with E-state index in [4.69, 9.17) is 4.74 Å². The minimum absolute atomic E-state index is 0.00338. The smallest absolute Gasteiger partial charge is 0.255 e. The van der Waals surface area contributed by atoms with Crippen LogP contribution in [0.1, 0.15) is 11.7 Å². The Morgan fingerprint density at radius 3 is 2.39 bits per heavy atom. The van der Waals surface area contributed by atoms with Crippen molar-refractivity contribution in [2.45, 2.75) is 12.2 Å². The van der Waals surface area contributed by atoms with Crippen molar-refractivity contribution < 1.29 is 9.53 Å². The van der Waals surface area contributed by atoms with Crippen molar-refractivity contribution in [3.8, 4) is 0 Å². The van der Waals surface area contributed by atoms with Crippen LogP contribution < -0.4 is 0 Å². The summed E-state index contributed by atoms with van der Waals surface area (Å²) in [5.41, 5.74) is 1.05. The molecule has 1 aliphatic heterocycles. The van der Waals surface area contributed by atoms with E-state index in [-0.39, 0.29) is 18.1 Å². The Hall–Kier alpha value is -1.87. The summed E-state index contributed by atoms with van der Waals surface area (Å²) >= 11 is 0. The molecule has 1 aromatic carbocycles. The zero-order valence-corrected chi connectivity index (χ0v) is 10.3. The van der Waals surface area contributed by atoms with Gasteiger partial charge in [0.25, 0.3) is 5.91 Å². The molecular weight excluding hydrogens is 226 g/mol. The number of nitrogens with zero attached hydrogens (tertiary/aromatic N) is 1. The van der Waals surface area contributed by atoms with Crippen molar-refractivity contribution in [3.05, 3.63) is 61.2 Å². The van der Waals surface area contributed by atoms with Crippen LogP contribution in [0, 0.1) is 0 Å². The Morgan fingerprint density at radius 2 is 1.83 bits per heavy atom. The number of amides is 1. The highest BCUT2D eigenvalue weighted by Gasteiger charge is 2.47. The molecule has 18 heavy (non-hydrogen) atoms. The number of carbonyl (C=O) groups excluding carboxylic acids is 1. The van der Waals surface area contributed by atoms with Gasteiger partial charge in [0.15, 0.2) is 6.10 Å². The predicted molar refractivity (Wildman–Crippen MR) is 71.0 cm³/mol. The third-order valence-corrected chi connectivity index (χ3v) is 2.87. The van der Waals surface area contributed by atoms with Crippen LogP contribution in [0.15, 0.2) is 55.6 Å². The summed E-state index contributed by atoms with van der Waals surface area (Å²) in [6.45, 7) is 8.35. The molecule has 1 fully saturated rings. The molecule has 0 saturated carbocycles. The molecule has 0 unspecified atom stereocenters. The van der Waals surface area contributed by atoms with Gasteiger partial charge in [0.2, 0.25) is 0 Å². The molecule has 1 saturated heterocycles. The molecule has 3 heteroatoms. The van der Waals surface area contributed by atoms with Gasteiger partial charge in [0.1, 0.15) is 6.10 Å². The number of hydrogen-bond acceptors (Lipinski definition) is 2. The van der Waals surface area contributed by atoms with Crippen molar-refractivity contribution in [3.63, 3.8) is 0 Å². The minimum Gasteiger partial charge on any atom is -0.354 e. The van der Waals surface area contributed by atoms with Crippen LogP contribution in [0.5, 0.6) is 0 Å². The van der Waals surface area contributed by atoms with E-state index in [2.05, 4.69) is 13.2 Å². The SMILES string of the molecule is C=CCN(CC=C)C(=O)[C@H]1O[C@H]1c1ccccc1. The fraction of sp³-hybridized carbons (Fsp3) is 0.267. The summed E-state index contributed by atoms with van der Waals surface area (Å²) in [5.74, 6) is 0.00338. The molecule has 0 bridgehead atoms. The van der Waals surface area contributed by atoms with E-state index in [9.17, 15) is 4.79 Å². The number of carbonyl (C=O) groups is 1. The summed E-state index contributed by atoms with van der Waals surface area (Å²) in [5, 5.41) is 0. The van der Waals surface area contributed by atoms with E-state index >= 15 is 0 Å². The van der Waals surface area contributed by atoms with Gasteiger partial charge in [-0.25, -0.2) is 0 Å². The molecule has 1 amide bonds. The third kappa shape index (κ3) is 2.68. The molecule has 0 N–H and O–H groups in total.